The zero-order valence-electron chi connectivity index (χ0n) is 12.6. The summed E-state index contributed by atoms with van der Waals surface area (Å²) in [6.07, 6.45) is 0.551. The lowest BCUT2D eigenvalue weighted by molar-refractivity contribution is -0.130. The lowest BCUT2D eigenvalue weighted by Gasteiger charge is -2.25. The van der Waals surface area contributed by atoms with E-state index >= 15 is 0 Å². The molecule has 1 N–H and O–H groups in total. The average Bonchev–Trinajstić information content (AvgIpc) is 2.50. The minimum absolute atomic E-state index is 0. The van der Waals surface area contributed by atoms with Crippen LogP contribution in [0.1, 0.15) is 6.42 Å². The molecule has 0 bridgehead atoms. The summed E-state index contributed by atoms with van der Waals surface area (Å²) in [5, 5.41) is 3.97. The number of likely N-dealkylation sites (N-methyl/N-ethyl adjacent to an activating group) is 1. The van der Waals surface area contributed by atoms with E-state index in [4.69, 9.17) is 16.3 Å². The number of rotatable bonds is 6. The number of nitrogens with one attached hydrogen (secondary N) is 1. The van der Waals surface area contributed by atoms with Gasteiger partial charge in [-0.3, -0.25) is 4.79 Å². The Morgan fingerprint density at radius 1 is 1.50 bits per heavy atom. The Bertz CT molecular complexity index is 471. The van der Waals surface area contributed by atoms with Gasteiger partial charge in [0.05, 0.1) is 11.6 Å². The standard InChI is InChI=1S/C15H21ClN2O2S.ClH/c1-18(15(19)10-12-11-21-9-6-17-12)7-8-20-14-5-3-2-4-13(14)16;/h2-5,12,17H,6-11H2,1H3;1H. The van der Waals surface area contributed by atoms with Crippen molar-refractivity contribution in [2.45, 2.75) is 12.5 Å². The molecular formula is C15H22Cl2N2O2S. The summed E-state index contributed by atoms with van der Waals surface area (Å²) in [4.78, 5) is 13.8. The fourth-order valence-electron chi connectivity index (χ4n) is 2.10. The minimum Gasteiger partial charge on any atom is -0.490 e. The molecule has 0 saturated carbocycles. The Balaban J connectivity index is 0.00000242. The molecule has 124 valence electrons. The van der Waals surface area contributed by atoms with Gasteiger partial charge in [-0.25, -0.2) is 0 Å². The van der Waals surface area contributed by atoms with Crippen molar-refractivity contribution in [1.29, 1.82) is 0 Å². The van der Waals surface area contributed by atoms with Crippen molar-refractivity contribution in [1.82, 2.24) is 10.2 Å². The summed E-state index contributed by atoms with van der Waals surface area (Å²) in [6, 6.07) is 7.65. The van der Waals surface area contributed by atoms with E-state index in [9.17, 15) is 4.79 Å². The van der Waals surface area contributed by atoms with Crippen LogP contribution in [0, 0.1) is 0 Å². The Labute approximate surface area is 147 Å². The maximum atomic E-state index is 12.1. The van der Waals surface area contributed by atoms with Crippen LogP contribution in [-0.4, -0.2) is 55.1 Å². The van der Waals surface area contributed by atoms with Crippen LogP contribution in [0.2, 0.25) is 5.02 Å². The molecule has 22 heavy (non-hydrogen) atoms. The number of benzene rings is 1. The first-order chi connectivity index (χ1) is 10.2. The van der Waals surface area contributed by atoms with Gasteiger partial charge in [0, 0.05) is 37.6 Å². The second-order valence-electron chi connectivity index (χ2n) is 5.02. The maximum absolute atomic E-state index is 12.1. The van der Waals surface area contributed by atoms with E-state index in [1.807, 2.05) is 37.0 Å². The van der Waals surface area contributed by atoms with E-state index in [0.717, 1.165) is 18.1 Å². The quantitative estimate of drug-likeness (QED) is 0.842. The van der Waals surface area contributed by atoms with Gasteiger partial charge in [0.25, 0.3) is 0 Å². The lowest BCUT2D eigenvalue weighted by Crippen LogP contribution is -2.42. The molecule has 1 aliphatic heterocycles. The number of amides is 1. The van der Waals surface area contributed by atoms with Crippen LogP contribution in [-0.2, 0) is 4.79 Å². The molecule has 1 fully saturated rings. The molecule has 1 aromatic rings. The van der Waals surface area contributed by atoms with Gasteiger partial charge >= 0.3 is 0 Å². The molecule has 1 aliphatic rings. The van der Waals surface area contributed by atoms with Gasteiger partial charge in [0.1, 0.15) is 12.4 Å². The topological polar surface area (TPSA) is 41.6 Å². The molecule has 1 saturated heterocycles. The molecule has 0 radical (unpaired) electrons. The van der Waals surface area contributed by atoms with E-state index in [1.54, 1.807) is 11.0 Å². The number of para-hydroxylation sites is 1. The summed E-state index contributed by atoms with van der Waals surface area (Å²) >= 11 is 7.92. The molecule has 2 rings (SSSR count). The van der Waals surface area contributed by atoms with E-state index in [0.29, 0.717) is 36.4 Å². The number of carbonyl (C=O) groups is 1. The zero-order valence-corrected chi connectivity index (χ0v) is 15.0. The normalized spacial score (nSPS) is 17.5. The monoisotopic (exact) mass is 364 g/mol. The molecule has 1 unspecified atom stereocenters. The van der Waals surface area contributed by atoms with Gasteiger partial charge < -0.3 is 15.0 Å². The van der Waals surface area contributed by atoms with Crippen molar-refractivity contribution in [2.75, 3.05) is 38.2 Å². The van der Waals surface area contributed by atoms with E-state index in [2.05, 4.69) is 5.32 Å². The number of ether oxygens (including phenoxy) is 1. The molecule has 0 spiro atoms. The second kappa shape index (κ2) is 10.2. The van der Waals surface area contributed by atoms with Crippen molar-refractivity contribution in [3.8, 4) is 5.75 Å². The van der Waals surface area contributed by atoms with Crippen molar-refractivity contribution in [3.63, 3.8) is 0 Å². The smallest absolute Gasteiger partial charge is 0.224 e. The largest absolute Gasteiger partial charge is 0.490 e. The third-order valence-electron chi connectivity index (χ3n) is 3.37. The molecular weight excluding hydrogens is 343 g/mol. The SMILES string of the molecule is CN(CCOc1ccccc1Cl)C(=O)CC1CSCCN1.Cl. The summed E-state index contributed by atoms with van der Waals surface area (Å²) in [6.45, 7) is 1.99. The van der Waals surface area contributed by atoms with Gasteiger partial charge in [-0.1, -0.05) is 23.7 Å². The van der Waals surface area contributed by atoms with Crippen LogP contribution in [0.5, 0.6) is 5.75 Å². The van der Waals surface area contributed by atoms with Crippen LogP contribution in [0.3, 0.4) is 0 Å². The second-order valence-corrected chi connectivity index (χ2v) is 6.58. The first kappa shape index (κ1) is 19.4. The van der Waals surface area contributed by atoms with E-state index < -0.39 is 0 Å². The van der Waals surface area contributed by atoms with Crippen molar-refractivity contribution >= 4 is 41.7 Å². The number of nitrogens with zero attached hydrogens (tertiary/aromatic N) is 1. The predicted octanol–water partition coefficient (Wildman–Crippen LogP) is 2.69. The van der Waals surface area contributed by atoms with Gasteiger partial charge in [0.2, 0.25) is 5.91 Å². The molecule has 1 aromatic carbocycles. The first-order valence-corrected chi connectivity index (χ1v) is 8.62. The van der Waals surface area contributed by atoms with Crippen LogP contribution in [0.15, 0.2) is 24.3 Å². The van der Waals surface area contributed by atoms with Crippen LogP contribution >= 0.6 is 35.8 Å². The van der Waals surface area contributed by atoms with Gasteiger partial charge in [-0.15, -0.1) is 12.4 Å². The van der Waals surface area contributed by atoms with Crippen LogP contribution in [0.25, 0.3) is 0 Å². The Kier molecular flexibility index (Phi) is 9.02. The van der Waals surface area contributed by atoms with Gasteiger partial charge in [-0.05, 0) is 12.1 Å². The lowest BCUT2D eigenvalue weighted by atomic mass is 10.2. The maximum Gasteiger partial charge on any atom is 0.224 e. The van der Waals surface area contributed by atoms with Gasteiger partial charge in [-0.2, -0.15) is 11.8 Å². The third kappa shape index (κ3) is 6.24. The molecule has 0 aromatic heterocycles. The molecule has 0 aliphatic carbocycles. The average molecular weight is 365 g/mol. The third-order valence-corrected chi connectivity index (χ3v) is 4.81. The first-order valence-electron chi connectivity index (χ1n) is 7.09. The minimum atomic E-state index is 0. The summed E-state index contributed by atoms with van der Waals surface area (Å²) < 4.78 is 5.60. The van der Waals surface area contributed by atoms with E-state index in [1.165, 1.54) is 0 Å². The Hall–Kier alpha value is -0.620. The molecule has 7 heteroatoms. The van der Waals surface area contributed by atoms with Crippen molar-refractivity contribution in [2.24, 2.45) is 0 Å². The fourth-order valence-corrected chi connectivity index (χ4v) is 3.24. The number of halogens is 2. The summed E-state index contributed by atoms with van der Waals surface area (Å²) in [7, 11) is 1.81. The highest BCUT2D eigenvalue weighted by Gasteiger charge is 2.18. The predicted molar refractivity (Wildman–Crippen MR) is 95.6 cm³/mol. The van der Waals surface area contributed by atoms with Crippen molar-refractivity contribution in [3.05, 3.63) is 29.3 Å². The van der Waals surface area contributed by atoms with E-state index in [-0.39, 0.29) is 18.3 Å². The molecule has 1 amide bonds. The zero-order chi connectivity index (χ0) is 15.1. The Morgan fingerprint density at radius 3 is 2.95 bits per heavy atom. The fraction of sp³-hybridized carbons (Fsp3) is 0.533. The Morgan fingerprint density at radius 2 is 2.27 bits per heavy atom. The number of hydrogen-bond donors (Lipinski definition) is 1. The van der Waals surface area contributed by atoms with Crippen LogP contribution in [0.4, 0.5) is 0 Å². The molecule has 4 nitrogen and oxygen atoms in total. The molecule has 1 heterocycles. The highest BCUT2D eigenvalue weighted by atomic mass is 35.5. The van der Waals surface area contributed by atoms with Gasteiger partial charge in [0.15, 0.2) is 0 Å². The number of thioether (sulfide) groups is 1. The highest BCUT2D eigenvalue weighted by molar-refractivity contribution is 7.99. The number of hydrogen-bond acceptors (Lipinski definition) is 4. The van der Waals surface area contributed by atoms with Crippen LogP contribution < -0.4 is 10.1 Å². The van der Waals surface area contributed by atoms with Crippen molar-refractivity contribution < 1.29 is 9.53 Å². The summed E-state index contributed by atoms with van der Waals surface area (Å²) in [5.74, 6) is 2.95. The molecule has 1 atom stereocenters. The highest BCUT2D eigenvalue weighted by Crippen LogP contribution is 2.22. The summed E-state index contributed by atoms with van der Waals surface area (Å²) in [5.41, 5.74) is 0. The number of carbonyl (C=O) groups excluding carboxylic acids is 1.